The molecule has 1 aromatic heterocycles. The van der Waals surface area contributed by atoms with Crippen molar-refractivity contribution in [2.45, 2.75) is 19.4 Å². The van der Waals surface area contributed by atoms with Crippen molar-refractivity contribution < 1.29 is 4.79 Å². The zero-order valence-corrected chi connectivity index (χ0v) is 13.6. The topological polar surface area (TPSA) is 49.6 Å². The average Bonchev–Trinajstić information content (AvgIpc) is 3.01. The first-order valence-electron chi connectivity index (χ1n) is 7.54. The molecule has 0 saturated heterocycles. The maximum Gasteiger partial charge on any atom is 0.242 e. The van der Waals surface area contributed by atoms with Crippen molar-refractivity contribution in [3.63, 3.8) is 0 Å². The van der Waals surface area contributed by atoms with E-state index in [0.29, 0.717) is 13.1 Å². The molecule has 2 heterocycles. The number of amides is 1. The van der Waals surface area contributed by atoms with Crippen molar-refractivity contribution in [1.82, 2.24) is 4.90 Å². The van der Waals surface area contributed by atoms with Crippen LogP contribution in [0.5, 0.6) is 0 Å². The third-order valence-electron chi connectivity index (χ3n) is 4.11. The van der Waals surface area contributed by atoms with Crippen LogP contribution in [0.1, 0.15) is 16.9 Å². The number of carbonyl (C=O) groups excluding carboxylic acids is 1. The van der Waals surface area contributed by atoms with Crippen molar-refractivity contribution in [2.75, 3.05) is 30.8 Å². The molecule has 4 nitrogen and oxygen atoms in total. The number of anilines is 2. The van der Waals surface area contributed by atoms with Gasteiger partial charge in [0.2, 0.25) is 5.91 Å². The standard InChI is InChI=1S/C17H21N3OS/c1-19(11-13-5-4-10-22-13)17(21)12-20-9-3-6-14-15(18)7-2-8-16(14)20/h2,4-5,7-8,10H,3,6,9,11-12,18H2,1H3. The molecular formula is C17H21N3OS. The zero-order valence-electron chi connectivity index (χ0n) is 12.8. The highest BCUT2D eigenvalue weighted by atomic mass is 32.1. The van der Waals surface area contributed by atoms with Crippen LogP contribution in [0.3, 0.4) is 0 Å². The summed E-state index contributed by atoms with van der Waals surface area (Å²) in [6.45, 7) is 2.00. The van der Waals surface area contributed by atoms with E-state index in [2.05, 4.69) is 17.0 Å². The lowest BCUT2D eigenvalue weighted by Gasteiger charge is -2.32. The summed E-state index contributed by atoms with van der Waals surface area (Å²) in [5.74, 6) is 0.142. The van der Waals surface area contributed by atoms with Crippen molar-refractivity contribution in [2.24, 2.45) is 0 Å². The Morgan fingerprint density at radius 3 is 3.00 bits per heavy atom. The van der Waals surface area contributed by atoms with Crippen molar-refractivity contribution >= 4 is 28.6 Å². The number of hydrogen-bond acceptors (Lipinski definition) is 4. The average molecular weight is 315 g/mol. The van der Waals surface area contributed by atoms with Crippen LogP contribution >= 0.6 is 11.3 Å². The monoisotopic (exact) mass is 315 g/mol. The zero-order chi connectivity index (χ0) is 15.5. The van der Waals surface area contributed by atoms with E-state index in [0.717, 1.165) is 30.8 Å². The van der Waals surface area contributed by atoms with Crippen LogP contribution in [-0.4, -0.2) is 30.9 Å². The SMILES string of the molecule is CN(Cc1cccs1)C(=O)CN1CCCc2c(N)cccc21. The predicted octanol–water partition coefficient (Wildman–Crippen LogP) is 2.74. The van der Waals surface area contributed by atoms with Gasteiger partial charge in [-0.25, -0.2) is 0 Å². The van der Waals surface area contributed by atoms with Crippen LogP contribution in [0.2, 0.25) is 0 Å². The molecule has 1 amide bonds. The molecule has 0 bridgehead atoms. The number of rotatable bonds is 4. The Morgan fingerprint density at radius 1 is 1.36 bits per heavy atom. The third-order valence-corrected chi connectivity index (χ3v) is 4.97. The molecule has 116 valence electrons. The second-order valence-corrected chi connectivity index (χ2v) is 6.73. The van der Waals surface area contributed by atoms with Gasteiger partial charge in [0.25, 0.3) is 0 Å². The van der Waals surface area contributed by atoms with E-state index in [9.17, 15) is 4.79 Å². The molecule has 5 heteroatoms. The molecule has 1 aliphatic heterocycles. The molecule has 0 radical (unpaired) electrons. The Bertz CT molecular complexity index is 654. The van der Waals surface area contributed by atoms with Gasteiger partial charge in [-0.15, -0.1) is 11.3 Å². The second-order valence-electron chi connectivity index (χ2n) is 5.70. The van der Waals surface area contributed by atoms with Crippen LogP contribution in [0.4, 0.5) is 11.4 Å². The highest BCUT2D eigenvalue weighted by Gasteiger charge is 2.22. The van der Waals surface area contributed by atoms with Gasteiger partial charge in [0.1, 0.15) is 0 Å². The molecule has 0 atom stereocenters. The van der Waals surface area contributed by atoms with E-state index in [4.69, 9.17) is 5.73 Å². The second kappa shape index (κ2) is 6.40. The summed E-state index contributed by atoms with van der Waals surface area (Å²) in [7, 11) is 1.87. The first-order chi connectivity index (χ1) is 10.6. The van der Waals surface area contributed by atoms with Crippen LogP contribution in [0, 0.1) is 0 Å². The summed E-state index contributed by atoms with van der Waals surface area (Å²) in [4.78, 5) is 17.7. The highest BCUT2D eigenvalue weighted by Crippen LogP contribution is 2.31. The molecule has 0 spiro atoms. The van der Waals surface area contributed by atoms with E-state index in [1.54, 1.807) is 16.2 Å². The van der Waals surface area contributed by atoms with Crippen LogP contribution < -0.4 is 10.6 Å². The summed E-state index contributed by atoms with van der Waals surface area (Å²) < 4.78 is 0. The van der Waals surface area contributed by atoms with Gasteiger partial charge >= 0.3 is 0 Å². The molecule has 0 fully saturated rings. The first kappa shape index (κ1) is 14.9. The Hall–Kier alpha value is -2.01. The highest BCUT2D eigenvalue weighted by molar-refractivity contribution is 7.09. The molecular weight excluding hydrogens is 294 g/mol. The van der Waals surface area contributed by atoms with E-state index in [1.807, 2.05) is 30.6 Å². The fourth-order valence-electron chi connectivity index (χ4n) is 2.90. The van der Waals surface area contributed by atoms with Gasteiger partial charge in [-0.2, -0.15) is 0 Å². The fraction of sp³-hybridized carbons (Fsp3) is 0.353. The van der Waals surface area contributed by atoms with Crippen LogP contribution in [0.25, 0.3) is 0 Å². The maximum absolute atomic E-state index is 12.5. The Balaban J connectivity index is 1.69. The largest absolute Gasteiger partial charge is 0.398 e. The molecule has 1 aromatic carbocycles. The molecule has 2 N–H and O–H groups in total. The molecule has 3 rings (SSSR count). The van der Waals surface area contributed by atoms with Gasteiger partial charge in [-0.05, 0) is 42.0 Å². The lowest BCUT2D eigenvalue weighted by atomic mass is 10.00. The lowest BCUT2D eigenvalue weighted by molar-refractivity contribution is -0.128. The molecule has 0 saturated carbocycles. The number of nitrogens with two attached hydrogens (primary N) is 1. The molecule has 0 aliphatic carbocycles. The van der Waals surface area contributed by atoms with Gasteiger partial charge in [0.15, 0.2) is 0 Å². The number of fused-ring (bicyclic) bond motifs is 1. The molecule has 1 aliphatic rings. The Kier molecular flexibility index (Phi) is 4.34. The van der Waals surface area contributed by atoms with Gasteiger partial charge in [0.05, 0.1) is 13.1 Å². The summed E-state index contributed by atoms with van der Waals surface area (Å²) in [5, 5.41) is 2.04. The Labute approximate surface area is 135 Å². The van der Waals surface area contributed by atoms with Gasteiger partial charge in [0, 0.05) is 29.8 Å². The first-order valence-corrected chi connectivity index (χ1v) is 8.42. The quantitative estimate of drug-likeness (QED) is 0.883. The van der Waals surface area contributed by atoms with E-state index in [1.165, 1.54) is 10.4 Å². The van der Waals surface area contributed by atoms with Crippen molar-refractivity contribution in [3.8, 4) is 0 Å². The summed E-state index contributed by atoms with van der Waals surface area (Å²) in [6, 6.07) is 10.0. The lowest BCUT2D eigenvalue weighted by Crippen LogP contribution is -2.40. The number of likely N-dealkylation sites (N-methyl/N-ethyl adjacent to an activating group) is 1. The van der Waals surface area contributed by atoms with Gasteiger partial charge < -0.3 is 15.5 Å². The minimum Gasteiger partial charge on any atom is -0.398 e. The van der Waals surface area contributed by atoms with Gasteiger partial charge in [-0.1, -0.05) is 12.1 Å². The minimum atomic E-state index is 0.142. The fourth-order valence-corrected chi connectivity index (χ4v) is 3.66. The summed E-state index contributed by atoms with van der Waals surface area (Å²) >= 11 is 1.68. The molecule has 0 unspecified atom stereocenters. The number of thiophene rings is 1. The van der Waals surface area contributed by atoms with E-state index < -0.39 is 0 Å². The normalized spacial score (nSPS) is 13.8. The summed E-state index contributed by atoms with van der Waals surface area (Å²) in [5.41, 5.74) is 9.20. The summed E-state index contributed by atoms with van der Waals surface area (Å²) in [6.07, 6.45) is 2.04. The smallest absolute Gasteiger partial charge is 0.242 e. The van der Waals surface area contributed by atoms with Crippen molar-refractivity contribution in [3.05, 3.63) is 46.2 Å². The van der Waals surface area contributed by atoms with E-state index in [-0.39, 0.29) is 5.91 Å². The van der Waals surface area contributed by atoms with E-state index >= 15 is 0 Å². The predicted molar refractivity (Wildman–Crippen MR) is 92.2 cm³/mol. The van der Waals surface area contributed by atoms with Gasteiger partial charge in [-0.3, -0.25) is 4.79 Å². The number of benzene rings is 1. The Morgan fingerprint density at radius 2 is 2.23 bits per heavy atom. The number of nitrogens with zero attached hydrogens (tertiary/aromatic N) is 2. The minimum absolute atomic E-state index is 0.142. The third kappa shape index (κ3) is 3.09. The maximum atomic E-state index is 12.5. The van der Waals surface area contributed by atoms with Crippen LogP contribution in [-0.2, 0) is 17.8 Å². The molecule has 2 aromatic rings. The molecule has 22 heavy (non-hydrogen) atoms. The van der Waals surface area contributed by atoms with Crippen LogP contribution in [0.15, 0.2) is 35.7 Å². The van der Waals surface area contributed by atoms with Crippen molar-refractivity contribution in [1.29, 1.82) is 0 Å². The number of hydrogen-bond donors (Lipinski definition) is 1. The number of nitrogen functional groups attached to an aromatic ring is 1. The number of carbonyl (C=O) groups is 1.